The fourth-order valence-electron chi connectivity index (χ4n) is 1.80. The molecule has 0 bridgehead atoms. The van der Waals surface area contributed by atoms with E-state index in [1.165, 1.54) is 6.07 Å². The first-order chi connectivity index (χ1) is 9.95. The van der Waals surface area contributed by atoms with Gasteiger partial charge in [-0.1, -0.05) is 17.7 Å². The number of aromatic nitrogens is 1. The molecule has 0 unspecified atom stereocenters. The van der Waals surface area contributed by atoms with Gasteiger partial charge >= 0.3 is 0 Å². The van der Waals surface area contributed by atoms with E-state index in [-0.39, 0.29) is 4.21 Å². The standard InChI is InChI=1S/C13H8BrClN2O2S2/c14-13-10(15)7-12(20-13)21(18,19)17-9-3-4-11-8(6-9)2-1-5-16-11/h1-7,17H. The van der Waals surface area contributed by atoms with Crippen molar-refractivity contribution >= 4 is 65.5 Å². The van der Waals surface area contributed by atoms with Crippen molar-refractivity contribution in [2.45, 2.75) is 4.21 Å². The first-order valence-electron chi connectivity index (χ1n) is 5.78. The summed E-state index contributed by atoms with van der Waals surface area (Å²) in [5.74, 6) is 0. The van der Waals surface area contributed by atoms with Gasteiger partial charge < -0.3 is 0 Å². The zero-order valence-corrected chi connectivity index (χ0v) is 14.4. The van der Waals surface area contributed by atoms with Crippen molar-refractivity contribution in [3.8, 4) is 0 Å². The second kappa shape index (κ2) is 5.57. The number of sulfonamides is 1. The Balaban J connectivity index is 1.97. The van der Waals surface area contributed by atoms with Gasteiger partial charge in [-0.2, -0.15) is 0 Å². The van der Waals surface area contributed by atoms with E-state index in [4.69, 9.17) is 11.6 Å². The molecule has 0 amide bonds. The van der Waals surface area contributed by atoms with Crippen LogP contribution in [0.5, 0.6) is 0 Å². The third-order valence-electron chi connectivity index (χ3n) is 2.74. The van der Waals surface area contributed by atoms with Crippen molar-refractivity contribution in [2.24, 2.45) is 0 Å². The molecule has 0 spiro atoms. The predicted molar refractivity (Wildman–Crippen MR) is 89.6 cm³/mol. The Hall–Kier alpha value is -1.15. The van der Waals surface area contributed by atoms with Crippen LogP contribution in [0, 0.1) is 0 Å². The molecule has 0 saturated carbocycles. The maximum Gasteiger partial charge on any atom is 0.271 e. The fraction of sp³-hybridized carbons (Fsp3) is 0. The Kier molecular flexibility index (Phi) is 3.92. The molecule has 108 valence electrons. The lowest BCUT2D eigenvalue weighted by Crippen LogP contribution is -2.11. The van der Waals surface area contributed by atoms with Gasteiger partial charge in [0.2, 0.25) is 0 Å². The second-order valence-electron chi connectivity index (χ2n) is 4.20. The van der Waals surface area contributed by atoms with Crippen LogP contribution in [0.4, 0.5) is 5.69 Å². The summed E-state index contributed by atoms with van der Waals surface area (Å²) < 4.78 is 27.9. The van der Waals surface area contributed by atoms with Crippen LogP contribution >= 0.6 is 38.9 Å². The minimum Gasteiger partial charge on any atom is -0.279 e. The molecule has 3 aromatic rings. The maximum absolute atomic E-state index is 12.3. The van der Waals surface area contributed by atoms with Crippen LogP contribution in [0.25, 0.3) is 10.9 Å². The average molecular weight is 404 g/mol. The first kappa shape index (κ1) is 14.8. The summed E-state index contributed by atoms with van der Waals surface area (Å²) in [5.41, 5.74) is 1.29. The molecule has 0 aliphatic rings. The molecule has 1 aromatic carbocycles. The van der Waals surface area contributed by atoms with E-state index in [9.17, 15) is 8.42 Å². The van der Waals surface area contributed by atoms with Gasteiger partial charge in [-0.15, -0.1) is 11.3 Å². The molecule has 0 saturated heterocycles. The number of benzene rings is 1. The second-order valence-corrected chi connectivity index (χ2v) is 8.89. The largest absolute Gasteiger partial charge is 0.279 e. The zero-order valence-electron chi connectivity index (χ0n) is 10.4. The highest BCUT2D eigenvalue weighted by Crippen LogP contribution is 2.35. The normalized spacial score (nSPS) is 11.7. The van der Waals surface area contributed by atoms with Crippen molar-refractivity contribution in [3.05, 3.63) is 51.4 Å². The summed E-state index contributed by atoms with van der Waals surface area (Å²) in [4.78, 5) is 4.19. The number of nitrogens with zero attached hydrogens (tertiary/aromatic N) is 1. The van der Waals surface area contributed by atoms with E-state index < -0.39 is 10.0 Å². The van der Waals surface area contributed by atoms with Gasteiger partial charge in [0.05, 0.1) is 14.3 Å². The maximum atomic E-state index is 12.3. The van der Waals surface area contributed by atoms with Gasteiger partial charge in [0.25, 0.3) is 10.0 Å². The molecule has 2 heterocycles. The van der Waals surface area contributed by atoms with Crippen LogP contribution in [0.2, 0.25) is 5.02 Å². The lowest BCUT2D eigenvalue weighted by molar-refractivity contribution is 0.603. The third-order valence-corrected chi connectivity index (χ3v) is 7.07. The van der Waals surface area contributed by atoms with Crippen LogP contribution in [0.1, 0.15) is 0 Å². The Morgan fingerprint density at radius 2 is 2.05 bits per heavy atom. The van der Waals surface area contributed by atoms with Gasteiger partial charge in [-0.3, -0.25) is 9.71 Å². The molecular weight excluding hydrogens is 396 g/mol. The fourth-order valence-corrected chi connectivity index (χ4v) is 5.25. The number of pyridine rings is 1. The van der Waals surface area contributed by atoms with Crippen LogP contribution in [-0.2, 0) is 10.0 Å². The summed E-state index contributed by atoms with van der Waals surface area (Å²) in [6, 6.07) is 10.3. The van der Waals surface area contributed by atoms with Crippen LogP contribution in [0.3, 0.4) is 0 Å². The minimum atomic E-state index is -3.65. The summed E-state index contributed by atoms with van der Waals surface area (Å²) in [7, 11) is -3.65. The molecular formula is C13H8BrClN2O2S2. The highest BCUT2D eigenvalue weighted by atomic mass is 79.9. The third kappa shape index (κ3) is 3.06. The minimum absolute atomic E-state index is 0.158. The van der Waals surface area contributed by atoms with Crippen molar-refractivity contribution in [1.29, 1.82) is 0 Å². The molecule has 0 atom stereocenters. The van der Waals surface area contributed by atoms with Gasteiger partial charge in [0.1, 0.15) is 4.21 Å². The molecule has 0 aliphatic carbocycles. The quantitative estimate of drug-likeness (QED) is 0.700. The Morgan fingerprint density at radius 3 is 2.76 bits per heavy atom. The number of anilines is 1. The van der Waals surface area contributed by atoms with Crippen molar-refractivity contribution in [2.75, 3.05) is 4.72 Å². The number of rotatable bonds is 3. The number of fused-ring (bicyclic) bond motifs is 1. The topological polar surface area (TPSA) is 59.1 Å². The molecule has 0 aliphatic heterocycles. The lowest BCUT2D eigenvalue weighted by Gasteiger charge is -2.07. The van der Waals surface area contributed by atoms with Crippen LogP contribution in [0.15, 0.2) is 50.6 Å². The van der Waals surface area contributed by atoms with E-state index in [0.717, 1.165) is 22.2 Å². The Labute approximate surface area is 139 Å². The predicted octanol–water partition coefficient (Wildman–Crippen LogP) is 4.51. The van der Waals surface area contributed by atoms with Crippen LogP contribution in [-0.4, -0.2) is 13.4 Å². The monoisotopic (exact) mass is 402 g/mol. The van der Waals surface area contributed by atoms with Gasteiger partial charge in [-0.25, -0.2) is 8.42 Å². The molecule has 8 heteroatoms. The lowest BCUT2D eigenvalue weighted by atomic mass is 10.2. The summed E-state index contributed by atoms with van der Waals surface area (Å²) in [5, 5.41) is 1.24. The number of hydrogen-bond acceptors (Lipinski definition) is 4. The highest BCUT2D eigenvalue weighted by Gasteiger charge is 2.19. The van der Waals surface area contributed by atoms with Gasteiger partial charge in [-0.05, 0) is 46.3 Å². The number of thiophene rings is 1. The molecule has 1 N–H and O–H groups in total. The molecule has 4 nitrogen and oxygen atoms in total. The smallest absolute Gasteiger partial charge is 0.271 e. The van der Waals surface area contributed by atoms with Crippen molar-refractivity contribution in [1.82, 2.24) is 4.98 Å². The summed E-state index contributed by atoms with van der Waals surface area (Å²) >= 11 is 10.2. The highest BCUT2D eigenvalue weighted by molar-refractivity contribution is 9.11. The van der Waals surface area contributed by atoms with E-state index in [0.29, 0.717) is 14.5 Å². The molecule has 21 heavy (non-hydrogen) atoms. The zero-order chi connectivity index (χ0) is 15.0. The number of hydrogen-bond donors (Lipinski definition) is 1. The first-order valence-corrected chi connectivity index (χ1v) is 9.25. The average Bonchev–Trinajstić information content (AvgIpc) is 2.79. The van der Waals surface area contributed by atoms with Crippen molar-refractivity contribution < 1.29 is 8.42 Å². The summed E-state index contributed by atoms with van der Waals surface area (Å²) in [6.45, 7) is 0. The van der Waals surface area contributed by atoms with E-state index >= 15 is 0 Å². The SMILES string of the molecule is O=S(=O)(Nc1ccc2ncccc2c1)c1cc(Cl)c(Br)s1. The van der Waals surface area contributed by atoms with E-state index in [2.05, 4.69) is 25.6 Å². The van der Waals surface area contributed by atoms with Crippen LogP contribution < -0.4 is 4.72 Å². The molecule has 2 aromatic heterocycles. The Bertz CT molecular complexity index is 905. The molecule has 0 fully saturated rings. The van der Waals surface area contributed by atoms with E-state index in [1.807, 2.05) is 6.07 Å². The van der Waals surface area contributed by atoms with Gasteiger partial charge in [0, 0.05) is 17.3 Å². The number of halogens is 2. The molecule has 0 radical (unpaired) electrons. The molecule has 3 rings (SSSR count). The van der Waals surface area contributed by atoms with Crippen molar-refractivity contribution in [3.63, 3.8) is 0 Å². The van der Waals surface area contributed by atoms with E-state index in [1.54, 1.807) is 30.5 Å². The Morgan fingerprint density at radius 1 is 1.24 bits per heavy atom. The number of nitrogens with one attached hydrogen (secondary N) is 1. The summed E-state index contributed by atoms with van der Waals surface area (Å²) in [6.07, 6.45) is 1.69. The van der Waals surface area contributed by atoms with Gasteiger partial charge in [0.15, 0.2) is 0 Å².